The second-order valence-electron chi connectivity index (χ2n) is 7.99. The number of nitrogens with zero attached hydrogens (tertiary/aromatic N) is 1. The van der Waals surface area contributed by atoms with Crippen molar-refractivity contribution in [1.29, 1.82) is 0 Å². The van der Waals surface area contributed by atoms with Gasteiger partial charge in [-0.2, -0.15) is 0 Å². The van der Waals surface area contributed by atoms with Crippen LogP contribution in [0.15, 0.2) is 54.6 Å². The fraction of sp³-hybridized carbons (Fsp3) is 0.375. The van der Waals surface area contributed by atoms with Crippen LogP contribution in [-0.4, -0.2) is 47.0 Å². The number of ether oxygens (including phenoxy) is 1. The number of benzene rings is 2. The first-order chi connectivity index (χ1) is 15.0. The Balaban J connectivity index is 1.56. The minimum Gasteiger partial charge on any atom is -0.494 e. The molecule has 0 spiro atoms. The van der Waals surface area contributed by atoms with Gasteiger partial charge in [-0.1, -0.05) is 49.4 Å². The van der Waals surface area contributed by atoms with E-state index in [0.717, 1.165) is 17.5 Å². The molecule has 2 aromatic carbocycles. The molecule has 2 aromatic rings. The normalized spacial score (nSPS) is 25.0. The van der Waals surface area contributed by atoms with E-state index < -0.39 is 35.8 Å². The number of rotatable bonds is 8. The Kier molecular flexibility index (Phi) is 6.04. The molecule has 7 heteroatoms. The SMILES string of the molecule is CCCOc1ccc(C2NC(C(=O)O)C3C(=O)N(CCc4ccccc4)C(=O)C23)cc1. The van der Waals surface area contributed by atoms with E-state index in [4.69, 9.17) is 4.74 Å². The Morgan fingerprint density at radius 2 is 1.71 bits per heavy atom. The fourth-order valence-corrected chi connectivity index (χ4v) is 4.50. The van der Waals surface area contributed by atoms with E-state index in [2.05, 4.69) is 5.32 Å². The van der Waals surface area contributed by atoms with Gasteiger partial charge in [0.1, 0.15) is 11.8 Å². The van der Waals surface area contributed by atoms with Crippen LogP contribution in [0.3, 0.4) is 0 Å². The summed E-state index contributed by atoms with van der Waals surface area (Å²) < 4.78 is 5.60. The van der Waals surface area contributed by atoms with Gasteiger partial charge in [-0.15, -0.1) is 0 Å². The molecule has 2 saturated heterocycles. The van der Waals surface area contributed by atoms with Crippen molar-refractivity contribution < 1.29 is 24.2 Å². The van der Waals surface area contributed by atoms with Gasteiger partial charge in [0.2, 0.25) is 11.8 Å². The van der Waals surface area contributed by atoms with E-state index >= 15 is 0 Å². The number of imide groups is 1. The number of aliphatic carboxylic acids is 1. The summed E-state index contributed by atoms with van der Waals surface area (Å²) in [5.74, 6) is -2.75. The van der Waals surface area contributed by atoms with Crippen LogP contribution in [0.5, 0.6) is 5.75 Å². The standard InChI is InChI=1S/C24H26N2O5/c1-2-14-31-17-10-8-16(9-11-17)20-18-19(21(25-20)24(29)30)23(28)26(22(18)27)13-12-15-6-4-3-5-7-15/h3-11,18-21,25H,2,12-14H2,1H3,(H,29,30). The molecule has 4 rings (SSSR count). The Morgan fingerprint density at radius 1 is 1.03 bits per heavy atom. The zero-order valence-electron chi connectivity index (χ0n) is 17.4. The summed E-state index contributed by atoms with van der Waals surface area (Å²) in [4.78, 5) is 39.4. The summed E-state index contributed by atoms with van der Waals surface area (Å²) in [5.41, 5.74) is 1.79. The lowest BCUT2D eigenvalue weighted by Gasteiger charge is -2.21. The largest absolute Gasteiger partial charge is 0.494 e. The number of carbonyl (C=O) groups excluding carboxylic acids is 2. The Bertz CT molecular complexity index is 960. The van der Waals surface area contributed by atoms with E-state index in [1.54, 1.807) is 0 Å². The topological polar surface area (TPSA) is 95.9 Å². The zero-order valence-corrected chi connectivity index (χ0v) is 17.4. The smallest absolute Gasteiger partial charge is 0.321 e. The summed E-state index contributed by atoms with van der Waals surface area (Å²) >= 11 is 0. The monoisotopic (exact) mass is 422 g/mol. The van der Waals surface area contributed by atoms with Crippen molar-refractivity contribution in [2.75, 3.05) is 13.2 Å². The third-order valence-electron chi connectivity index (χ3n) is 6.01. The zero-order chi connectivity index (χ0) is 22.0. The highest BCUT2D eigenvalue weighted by Crippen LogP contribution is 2.44. The molecule has 162 valence electrons. The van der Waals surface area contributed by atoms with Crippen LogP contribution in [0.25, 0.3) is 0 Å². The van der Waals surface area contributed by atoms with E-state index in [1.165, 1.54) is 4.90 Å². The number of fused-ring (bicyclic) bond motifs is 1. The number of carboxylic acids is 1. The van der Waals surface area contributed by atoms with Crippen LogP contribution in [0.4, 0.5) is 0 Å². The number of nitrogens with one attached hydrogen (secondary N) is 1. The molecular weight excluding hydrogens is 396 g/mol. The van der Waals surface area contributed by atoms with Crippen molar-refractivity contribution in [2.45, 2.75) is 31.8 Å². The molecule has 0 saturated carbocycles. The first kappa shape index (κ1) is 21.1. The predicted molar refractivity (Wildman–Crippen MR) is 113 cm³/mol. The third kappa shape index (κ3) is 4.05. The van der Waals surface area contributed by atoms with Crippen molar-refractivity contribution in [3.8, 4) is 5.75 Å². The van der Waals surface area contributed by atoms with Gasteiger partial charge in [0.05, 0.1) is 18.4 Å². The van der Waals surface area contributed by atoms with E-state index in [-0.39, 0.29) is 12.5 Å². The third-order valence-corrected chi connectivity index (χ3v) is 6.01. The van der Waals surface area contributed by atoms with Gasteiger partial charge in [-0.3, -0.25) is 24.6 Å². The average Bonchev–Trinajstić information content (AvgIpc) is 3.29. The van der Waals surface area contributed by atoms with Gasteiger partial charge >= 0.3 is 5.97 Å². The summed E-state index contributed by atoms with van der Waals surface area (Å²) in [5, 5.41) is 12.7. The van der Waals surface area contributed by atoms with Crippen molar-refractivity contribution >= 4 is 17.8 Å². The maximum absolute atomic E-state index is 13.2. The first-order valence-corrected chi connectivity index (χ1v) is 10.6. The number of amides is 2. The van der Waals surface area contributed by atoms with Crippen LogP contribution >= 0.6 is 0 Å². The molecule has 4 unspecified atom stereocenters. The molecule has 2 aliphatic heterocycles. The fourth-order valence-electron chi connectivity index (χ4n) is 4.50. The first-order valence-electron chi connectivity index (χ1n) is 10.6. The Morgan fingerprint density at radius 3 is 2.35 bits per heavy atom. The average molecular weight is 422 g/mol. The number of likely N-dealkylation sites (tertiary alicyclic amines) is 1. The van der Waals surface area contributed by atoms with Crippen molar-refractivity contribution in [3.05, 3.63) is 65.7 Å². The minimum absolute atomic E-state index is 0.248. The van der Waals surface area contributed by atoms with Gasteiger partial charge < -0.3 is 9.84 Å². The summed E-state index contributed by atoms with van der Waals surface area (Å²) in [6, 6.07) is 15.3. The van der Waals surface area contributed by atoms with E-state index in [9.17, 15) is 19.5 Å². The van der Waals surface area contributed by atoms with Gasteiger partial charge in [-0.25, -0.2) is 0 Å². The second-order valence-corrected chi connectivity index (χ2v) is 7.99. The molecule has 7 nitrogen and oxygen atoms in total. The Hall–Kier alpha value is -3.19. The summed E-state index contributed by atoms with van der Waals surface area (Å²) in [6.07, 6.45) is 1.43. The van der Waals surface area contributed by atoms with Gasteiger partial charge in [-0.05, 0) is 36.1 Å². The lowest BCUT2D eigenvalue weighted by Crippen LogP contribution is -2.43. The number of hydrogen-bond acceptors (Lipinski definition) is 5. The van der Waals surface area contributed by atoms with Gasteiger partial charge in [0.15, 0.2) is 0 Å². The molecule has 0 radical (unpaired) electrons. The molecule has 0 bridgehead atoms. The highest BCUT2D eigenvalue weighted by molar-refractivity contribution is 6.08. The predicted octanol–water partition coefficient (Wildman–Crippen LogP) is 2.42. The highest BCUT2D eigenvalue weighted by Gasteiger charge is 2.60. The molecule has 2 amide bonds. The Labute approximate surface area is 181 Å². The number of carboxylic acid groups (broad SMARTS) is 1. The van der Waals surface area contributed by atoms with E-state index in [1.807, 2.05) is 61.5 Å². The lowest BCUT2D eigenvalue weighted by atomic mass is 9.86. The summed E-state index contributed by atoms with van der Waals surface area (Å²) in [6.45, 7) is 2.88. The quantitative estimate of drug-likeness (QED) is 0.635. The molecule has 0 aromatic heterocycles. The van der Waals surface area contributed by atoms with Gasteiger partial charge in [0, 0.05) is 12.6 Å². The van der Waals surface area contributed by atoms with Crippen LogP contribution in [-0.2, 0) is 20.8 Å². The maximum atomic E-state index is 13.2. The van der Waals surface area contributed by atoms with Crippen LogP contribution in [0.1, 0.15) is 30.5 Å². The molecular formula is C24H26N2O5. The van der Waals surface area contributed by atoms with Crippen LogP contribution in [0.2, 0.25) is 0 Å². The van der Waals surface area contributed by atoms with Crippen molar-refractivity contribution in [3.63, 3.8) is 0 Å². The van der Waals surface area contributed by atoms with Crippen molar-refractivity contribution in [1.82, 2.24) is 10.2 Å². The van der Waals surface area contributed by atoms with E-state index in [0.29, 0.717) is 18.8 Å². The molecule has 2 heterocycles. The molecule has 4 atom stereocenters. The summed E-state index contributed by atoms with van der Waals surface area (Å²) in [7, 11) is 0. The number of hydrogen-bond donors (Lipinski definition) is 2. The minimum atomic E-state index is -1.12. The molecule has 31 heavy (non-hydrogen) atoms. The van der Waals surface area contributed by atoms with Gasteiger partial charge in [0.25, 0.3) is 0 Å². The highest BCUT2D eigenvalue weighted by atomic mass is 16.5. The molecule has 2 fully saturated rings. The van der Waals surface area contributed by atoms with Crippen LogP contribution in [0, 0.1) is 11.8 Å². The lowest BCUT2D eigenvalue weighted by molar-refractivity contribution is -0.146. The second kappa shape index (κ2) is 8.89. The van der Waals surface area contributed by atoms with Crippen LogP contribution < -0.4 is 10.1 Å². The number of carbonyl (C=O) groups is 3. The molecule has 0 aliphatic carbocycles. The van der Waals surface area contributed by atoms with Crippen molar-refractivity contribution in [2.24, 2.45) is 11.8 Å². The molecule has 2 aliphatic rings. The molecule has 2 N–H and O–H groups in total. The maximum Gasteiger partial charge on any atom is 0.321 e.